The van der Waals surface area contributed by atoms with E-state index in [4.69, 9.17) is 11.6 Å². The van der Waals surface area contributed by atoms with Crippen LogP contribution in [-0.4, -0.2) is 11.4 Å². The molecule has 0 spiro atoms. The predicted molar refractivity (Wildman–Crippen MR) is 38.7 cm³/mol. The van der Waals surface area contributed by atoms with Crippen molar-refractivity contribution in [3.63, 3.8) is 0 Å². The van der Waals surface area contributed by atoms with Crippen LogP contribution in [0.15, 0.2) is 18.5 Å². The molecule has 1 nitrogen and oxygen atoms in total. The van der Waals surface area contributed by atoms with E-state index in [1.807, 2.05) is 0 Å². The summed E-state index contributed by atoms with van der Waals surface area (Å²) in [4.78, 5) is 3.64. The monoisotopic (exact) mass is 176 g/mol. The van der Waals surface area contributed by atoms with Gasteiger partial charge in [0.25, 0.3) is 0 Å². The third-order valence-corrected chi connectivity index (χ3v) is 1.25. The molecule has 0 saturated heterocycles. The highest BCUT2D eigenvalue weighted by atomic mass is 35.5. The number of hydrogen-bond acceptors (Lipinski definition) is 1. The summed E-state index contributed by atoms with van der Waals surface area (Å²) in [5.41, 5.74) is 0.340. The van der Waals surface area contributed by atoms with Gasteiger partial charge in [-0.1, -0.05) is 11.6 Å². The highest BCUT2D eigenvalue weighted by Gasteiger charge is 2.04. The molecular weight excluding hydrogens is 172 g/mol. The van der Waals surface area contributed by atoms with E-state index in [9.17, 15) is 8.78 Å². The Labute approximate surface area is 68.0 Å². The normalized spacial score (nSPS) is 10.5. The van der Waals surface area contributed by atoms with E-state index in [0.717, 1.165) is 6.42 Å². The van der Waals surface area contributed by atoms with Gasteiger partial charge in [0.05, 0.1) is 11.4 Å². The molecule has 4 heteroatoms. The third-order valence-electron chi connectivity index (χ3n) is 1.04. The average molecular weight is 177 g/mol. The fourth-order valence-electron chi connectivity index (χ4n) is 0.665. The van der Waals surface area contributed by atoms with Crippen molar-refractivity contribution in [2.24, 2.45) is 0 Å². The van der Waals surface area contributed by atoms with E-state index in [1.54, 1.807) is 0 Å². The molecule has 0 atom stereocenters. The molecule has 59 valence electrons. The van der Waals surface area contributed by atoms with E-state index in [2.05, 4.69) is 4.98 Å². The van der Waals surface area contributed by atoms with Crippen molar-refractivity contribution in [3.8, 4) is 0 Å². The summed E-state index contributed by atoms with van der Waals surface area (Å²) >= 11 is 5.50. The van der Waals surface area contributed by atoms with Crippen molar-refractivity contribution in [2.45, 2.75) is 6.43 Å². The Kier molecular flexibility index (Phi) is 2.76. The number of nitrogens with zero attached hydrogens (tertiary/aromatic N) is 1. The number of hydrogen-bond donors (Lipinski definition) is 0. The second kappa shape index (κ2) is 3.62. The van der Waals surface area contributed by atoms with E-state index in [1.165, 1.54) is 18.5 Å². The summed E-state index contributed by atoms with van der Waals surface area (Å²) in [5.74, 6) is 0. The average Bonchev–Trinajstić information content (AvgIpc) is 1.85. The van der Waals surface area contributed by atoms with E-state index >= 15 is 0 Å². The van der Waals surface area contributed by atoms with Gasteiger partial charge in [-0.25, -0.2) is 8.78 Å². The summed E-state index contributed by atoms with van der Waals surface area (Å²) in [6.07, 6.45) is 1.05. The van der Waals surface area contributed by atoms with Crippen LogP contribution in [0.3, 0.4) is 0 Å². The molecule has 1 aromatic heterocycles. The summed E-state index contributed by atoms with van der Waals surface area (Å²) in [5, 5.41) is 0.361. The van der Waals surface area contributed by atoms with Crippen LogP contribution in [0.4, 0.5) is 8.78 Å². The van der Waals surface area contributed by atoms with Gasteiger partial charge >= 0.3 is 0 Å². The molecular formula is C7H5ClF2N. The summed E-state index contributed by atoms with van der Waals surface area (Å²) in [6.45, 7) is 0. The fraction of sp³-hybridized carbons (Fsp3) is 0.143. The molecule has 1 radical (unpaired) electrons. The molecule has 0 aliphatic rings. The maximum Gasteiger partial charge on any atom is 0.246 e. The van der Waals surface area contributed by atoms with E-state index in [0.29, 0.717) is 10.6 Å². The molecule has 0 amide bonds. The van der Waals surface area contributed by atoms with Crippen LogP contribution in [0.25, 0.3) is 0 Å². The Bertz CT molecular complexity index is 240. The molecule has 0 aromatic carbocycles. The van der Waals surface area contributed by atoms with Crippen LogP contribution >= 0.6 is 11.6 Å². The van der Waals surface area contributed by atoms with Gasteiger partial charge in [0.15, 0.2) is 0 Å². The molecule has 0 saturated carbocycles. The lowest BCUT2D eigenvalue weighted by Crippen LogP contribution is -1.93. The highest BCUT2D eigenvalue weighted by Crippen LogP contribution is 2.13. The summed E-state index contributed by atoms with van der Waals surface area (Å²) < 4.78 is 23.5. The maximum absolute atomic E-state index is 11.7. The van der Waals surface area contributed by atoms with Gasteiger partial charge in [0.1, 0.15) is 0 Å². The minimum atomic E-state index is -2.46. The Morgan fingerprint density at radius 1 is 1.45 bits per heavy atom. The number of halogens is 3. The second-order valence-electron chi connectivity index (χ2n) is 1.94. The Balaban J connectivity index is 2.71. The molecule has 1 aromatic rings. The van der Waals surface area contributed by atoms with Crippen molar-refractivity contribution in [2.75, 3.05) is 0 Å². The zero-order valence-corrected chi connectivity index (χ0v) is 6.22. The van der Waals surface area contributed by atoms with Crippen molar-refractivity contribution in [1.29, 1.82) is 0 Å². The van der Waals surface area contributed by atoms with Gasteiger partial charge in [-0.2, -0.15) is 0 Å². The topological polar surface area (TPSA) is 12.9 Å². The first-order valence-corrected chi connectivity index (χ1v) is 3.30. The summed E-state index contributed by atoms with van der Waals surface area (Å²) in [6, 6.07) is 1.43. The van der Waals surface area contributed by atoms with Crippen LogP contribution in [-0.2, 0) is 0 Å². The van der Waals surface area contributed by atoms with Crippen LogP contribution in [0.5, 0.6) is 0 Å². The van der Waals surface area contributed by atoms with Gasteiger partial charge in [-0.05, 0) is 11.6 Å². The molecule has 0 fully saturated rings. The quantitative estimate of drug-likeness (QED) is 0.675. The van der Waals surface area contributed by atoms with Gasteiger partial charge in [0.2, 0.25) is 6.43 Å². The van der Waals surface area contributed by atoms with Gasteiger partial charge in [0, 0.05) is 12.4 Å². The first-order chi connectivity index (χ1) is 5.18. The standard InChI is InChI=1S/C7H5ClF2N/c8-6-1-5(2-7(9)10)3-11-4-6/h1-4,7H. The lowest BCUT2D eigenvalue weighted by molar-refractivity contribution is 0.189. The van der Waals surface area contributed by atoms with Crippen LogP contribution in [0, 0.1) is 6.42 Å². The molecule has 0 unspecified atom stereocenters. The smallest absolute Gasteiger partial charge is 0.246 e. The molecule has 0 N–H and O–H groups in total. The first-order valence-electron chi connectivity index (χ1n) is 2.92. The SMILES string of the molecule is FC(F)[CH]c1cncc(Cl)c1. The number of rotatable bonds is 2. The Morgan fingerprint density at radius 3 is 2.73 bits per heavy atom. The minimum Gasteiger partial charge on any atom is -0.263 e. The number of aromatic nitrogens is 1. The van der Waals surface area contributed by atoms with Gasteiger partial charge in [-0.3, -0.25) is 4.98 Å². The molecule has 0 aliphatic carbocycles. The summed E-state index contributed by atoms with van der Waals surface area (Å²) in [7, 11) is 0. The largest absolute Gasteiger partial charge is 0.263 e. The molecule has 1 rings (SSSR count). The van der Waals surface area contributed by atoms with Crippen molar-refractivity contribution in [3.05, 3.63) is 35.5 Å². The maximum atomic E-state index is 11.7. The zero-order valence-electron chi connectivity index (χ0n) is 5.47. The lowest BCUT2D eigenvalue weighted by atomic mass is 10.2. The molecule has 1 heterocycles. The van der Waals surface area contributed by atoms with Crippen molar-refractivity contribution >= 4 is 11.6 Å². The third kappa shape index (κ3) is 2.80. The Hall–Kier alpha value is -0.700. The van der Waals surface area contributed by atoms with Gasteiger partial charge < -0.3 is 0 Å². The van der Waals surface area contributed by atoms with Crippen LogP contribution in [0.2, 0.25) is 5.02 Å². The molecule has 0 aliphatic heterocycles. The second-order valence-corrected chi connectivity index (χ2v) is 2.37. The van der Waals surface area contributed by atoms with Crippen molar-refractivity contribution in [1.82, 2.24) is 4.98 Å². The minimum absolute atomic E-state index is 0.340. The van der Waals surface area contributed by atoms with E-state index in [-0.39, 0.29) is 0 Å². The first kappa shape index (κ1) is 8.40. The van der Waals surface area contributed by atoms with Crippen LogP contribution < -0.4 is 0 Å². The predicted octanol–water partition coefficient (Wildman–Crippen LogP) is 2.55. The zero-order chi connectivity index (χ0) is 8.27. The van der Waals surface area contributed by atoms with Crippen molar-refractivity contribution < 1.29 is 8.78 Å². The number of alkyl halides is 2. The Morgan fingerprint density at radius 2 is 2.18 bits per heavy atom. The van der Waals surface area contributed by atoms with E-state index < -0.39 is 6.43 Å². The lowest BCUT2D eigenvalue weighted by Gasteiger charge is -1.97. The number of pyridine rings is 1. The fourth-order valence-corrected chi connectivity index (χ4v) is 0.847. The van der Waals surface area contributed by atoms with Crippen LogP contribution in [0.1, 0.15) is 5.56 Å². The molecule has 0 bridgehead atoms. The molecule has 11 heavy (non-hydrogen) atoms. The van der Waals surface area contributed by atoms with Gasteiger partial charge in [-0.15, -0.1) is 0 Å². The highest BCUT2D eigenvalue weighted by molar-refractivity contribution is 6.30.